The van der Waals surface area contributed by atoms with Crippen molar-refractivity contribution in [1.82, 2.24) is 23.9 Å². The van der Waals surface area contributed by atoms with E-state index >= 15 is 0 Å². The zero-order valence-electron chi connectivity index (χ0n) is 22.9. The van der Waals surface area contributed by atoms with Crippen molar-refractivity contribution in [3.63, 3.8) is 0 Å². The Hall–Kier alpha value is -3.70. The normalized spacial score (nSPS) is 17.3. The zero-order chi connectivity index (χ0) is 27.7. The van der Waals surface area contributed by atoms with Crippen LogP contribution in [0.25, 0.3) is 17.0 Å². The number of piperazine rings is 1. The molecule has 0 spiro atoms. The van der Waals surface area contributed by atoms with Crippen LogP contribution < -0.4 is 14.4 Å². The van der Waals surface area contributed by atoms with Gasteiger partial charge in [0, 0.05) is 44.0 Å². The van der Waals surface area contributed by atoms with Crippen LogP contribution in [0.15, 0.2) is 59.6 Å². The first-order chi connectivity index (χ1) is 19.5. The summed E-state index contributed by atoms with van der Waals surface area (Å²) >= 11 is 0. The van der Waals surface area contributed by atoms with Gasteiger partial charge in [-0.1, -0.05) is 43.5 Å². The second-order valence-corrected chi connectivity index (χ2v) is 12.2. The summed E-state index contributed by atoms with van der Waals surface area (Å²) in [6.07, 6.45) is 8.27. The van der Waals surface area contributed by atoms with Crippen LogP contribution in [0.2, 0.25) is 0 Å². The average Bonchev–Trinajstić information content (AvgIpc) is 3.46. The molecule has 10 nitrogen and oxygen atoms in total. The smallest absolute Gasteiger partial charge is 0.254 e. The van der Waals surface area contributed by atoms with Crippen molar-refractivity contribution < 1.29 is 17.9 Å². The molecule has 0 amide bonds. The monoisotopic (exact) mass is 562 g/mol. The molecule has 0 N–H and O–H groups in total. The van der Waals surface area contributed by atoms with Crippen molar-refractivity contribution in [2.45, 2.75) is 42.9 Å². The molecule has 2 aliphatic rings. The molecule has 3 heterocycles. The molecule has 2 aromatic heterocycles. The number of hydrogen-bond donors (Lipinski definition) is 0. The van der Waals surface area contributed by atoms with Gasteiger partial charge in [-0.3, -0.25) is 0 Å². The molecule has 0 radical (unpaired) electrons. The van der Waals surface area contributed by atoms with Crippen LogP contribution in [0.4, 0.5) is 5.95 Å². The lowest BCUT2D eigenvalue weighted by Crippen LogP contribution is -2.49. The molecule has 0 bridgehead atoms. The highest BCUT2D eigenvalue weighted by atomic mass is 32.2. The molecule has 0 atom stereocenters. The van der Waals surface area contributed by atoms with Crippen molar-refractivity contribution in [2.24, 2.45) is 0 Å². The summed E-state index contributed by atoms with van der Waals surface area (Å²) in [6.45, 7) is 1.49. The molecule has 4 aromatic rings. The van der Waals surface area contributed by atoms with E-state index in [1.807, 2.05) is 11.0 Å². The average molecular weight is 563 g/mol. The van der Waals surface area contributed by atoms with E-state index in [2.05, 4.69) is 34.2 Å². The first-order valence-electron chi connectivity index (χ1n) is 13.8. The summed E-state index contributed by atoms with van der Waals surface area (Å²) in [5.74, 6) is 2.45. The number of benzene rings is 2. The third-order valence-corrected chi connectivity index (χ3v) is 9.94. The van der Waals surface area contributed by atoms with Gasteiger partial charge in [0.05, 0.1) is 19.9 Å². The minimum Gasteiger partial charge on any atom is -0.497 e. The maximum Gasteiger partial charge on any atom is 0.254 e. The van der Waals surface area contributed by atoms with Crippen LogP contribution in [-0.2, 0) is 10.0 Å². The fourth-order valence-electron chi connectivity index (χ4n) is 5.75. The highest BCUT2D eigenvalue weighted by Gasteiger charge is 2.32. The predicted molar refractivity (Wildman–Crippen MR) is 153 cm³/mol. The van der Waals surface area contributed by atoms with Gasteiger partial charge < -0.3 is 14.4 Å². The van der Waals surface area contributed by atoms with E-state index in [1.54, 1.807) is 22.8 Å². The van der Waals surface area contributed by atoms with Gasteiger partial charge in [0.25, 0.3) is 5.78 Å². The van der Waals surface area contributed by atoms with Gasteiger partial charge in [-0.05, 0) is 42.5 Å². The van der Waals surface area contributed by atoms with E-state index < -0.39 is 10.0 Å². The summed E-state index contributed by atoms with van der Waals surface area (Å²) in [5, 5.41) is 4.78. The molecular formula is C29H34N6O4S. The molecule has 40 heavy (non-hydrogen) atoms. The highest BCUT2D eigenvalue weighted by Crippen LogP contribution is 2.34. The predicted octanol–water partition coefficient (Wildman–Crippen LogP) is 4.37. The van der Waals surface area contributed by atoms with Gasteiger partial charge >= 0.3 is 0 Å². The Labute approximate surface area is 234 Å². The lowest BCUT2D eigenvalue weighted by molar-refractivity contribution is 0.369. The molecule has 1 saturated heterocycles. The molecule has 1 aliphatic heterocycles. The third kappa shape index (κ3) is 4.99. The number of hydrogen-bond acceptors (Lipinski definition) is 8. The van der Waals surface area contributed by atoms with Gasteiger partial charge in [-0.25, -0.2) is 13.4 Å². The fourth-order valence-corrected chi connectivity index (χ4v) is 7.34. The Kier molecular flexibility index (Phi) is 7.33. The molecule has 1 aliphatic carbocycles. The number of fused-ring (bicyclic) bond motifs is 1. The molecule has 1 saturated carbocycles. The summed E-state index contributed by atoms with van der Waals surface area (Å²) in [5.41, 5.74) is 3.39. The number of anilines is 1. The Bertz CT molecular complexity index is 1590. The number of nitrogens with zero attached hydrogens (tertiary/aromatic N) is 6. The fraction of sp³-hybridized carbons (Fsp3) is 0.414. The van der Waals surface area contributed by atoms with Gasteiger partial charge in [0.2, 0.25) is 16.0 Å². The van der Waals surface area contributed by atoms with Gasteiger partial charge in [-0.2, -0.15) is 13.8 Å². The van der Waals surface area contributed by atoms with Crippen LogP contribution in [0.1, 0.15) is 43.6 Å². The third-order valence-electron chi connectivity index (χ3n) is 8.02. The van der Waals surface area contributed by atoms with Gasteiger partial charge in [-0.15, -0.1) is 5.10 Å². The van der Waals surface area contributed by atoms with E-state index in [-0.39, 0.29) is 10.6 Å². The van der Waals surface area contributed by atoms with Crippen LogP contribution in [0, 0.1) is 0 Å². The van der Waals surface area contributed by atoms with Crippen molar-refractivity contribution in [3.05, 3.63) is 60.3 Å². The van der Waals surface area contributed by atoms with Crippen LogP contribution in [0.3, 0.4) is 0 Å². The van der Waals surface area contributed by atoms with E-state index in [0.717, 1.165) is 11.3 Å². The number of methoxy groups -OCH3 is 2. The lowest BCUT2D eigenvalue weighted by atomic mass is 9.84. The zero-order valence-corrected chi connectivity index (χ0v) is 23.7. The largest absolute Gasteiger partial charge is 0.497 e. The van der Waals surface area contributed by atoms with Gasteiger partial charge in [0.15, 0.2) is 0 Å². The maximum absolute atomic E-state index is 13.5. The standard InChI is InChI=1S/C29H34N6O4S/c1-38-24-12-13-26(39-2)27(20-24)40(36,37)34-18-16-33(17-19-34)29-31-28-30-15-14-25(35(28)32-29)23-10-8-22(9-11-23)21-6-4-3-5-7-21/h8-15,20-21H,3-7,16-19H2,1-2H3. The number of aromatic nitrogens is 4. The quantitative estimate of drug-likeness (QED) is 0.327. The molecule has 0 unspecified atom stereocenters. The van der Waals surface area contributed by atoms with Crippen molar-refractivity contribution in [3.8, 4) is 22.8 Å². The van der Waals surface area contributed by atoms with Crippen LogP contribution in [-0.4, -0.2) is 72.7 Å². The highest BCUT2D eigenvalue weighted by molar-refractivity contribution is 7.89. The van der Waals surface area contributed by atoms with E-state index in [1.165, 1.54) is 62.3 Å². The molecule has 2 fully saturated rings. The summed E-state index contributed by atoms with van der Waals surface area (Å²) < 4.78 is 40.8. The molecular weight excluding hydrogens is 528 g/mol. The number of ether oxygens (including phenoxy) is 2. The van der Waals surface area contributed by atoms with Crippen LogP contribution in [0.5, 0.6) is 11.5 Å². The topological polar surface area (TPSA) is 102 Å². The second kappa shape index (κ2) is 11.1. The summed E-state index contributed by atoms with van der Waals surface area (Å²) in [7, 11) is -0.814. The Balaban J connectivity index is 1.20. The lowest BCUT2D eigenvalue weighted by Gasteiger charge is -2.33. The number of rotatable bonds is 7. The minimum atomic E-state index is -3.78. The van der Waals surface area contributed by atoms with Gasteiger partial charge in [0.1, 0.15) is 16.4 Å². The van der Waals surface area contributed by atoms with Crippen molar-refractivity contribution in [1.29, 1.82) is 0 Å². The SMILES string of the molecule is COc1ccc(OC)c(S(=O)(=O)N2CCN(c3nc4nccc(-c5ccc(C6CCCCC6)cc5)n4n3)CC2)c1. The molecule has 2 aromatic carbocycles. The minimum absolute atomic E-state index is 0.0944. The Morgan fingerprint density at radius 2 is 1.62 bits per heavy atom. The molecule has 11 heteroatoms. The van der Waals surface area contributed by atoms with Crippen molar-refractivity contribution in [2.75, 3.05) is 45.3 Å². The molecule has 210 valence electrons. The van der Waals surface area contributed by atoms with E-state index in [4.69, 9.17) is 14.6 Å². The van der Waals surface area contributed by atoms with Crippen LogP contribution >= 0.6 is 0 Å². The van der Waals surface area contributed by atoms with E-state index in [0.29, 0.717) is 49.6 Å². The second-order valence-electron chi connectivity index (χ2n) is 10.3. The van der Waals surface area contributed by atoms with Crippen molar-refractivity contribution >= 4 is 21.7 Å². The Morgan fingerprint density at radius 1 is 0.875 bits per heavy atom. The Morgan fingerprint density at radius 3 is 2.33 bits per heavy atom. The summed E-state index contributed by atoms with van der Waals surface area (Å²) in [4.78, 5) is 11.2. The first kappa shape index (κ1) is 26.5. The van der Waals surface area contributed by atoms with E-state index in [9.17, 15) is 8.42 Å². The first-order valence-corrected chi connectivity index (χ1v) is 15.2. The maximum atomic E-state index is 13.5. The summed E-state index contributed by atoms with van der Waals surface area (Å²) in [6, 6.07) is 15.5. The molecule has 6 rings (SSSR count). The number of sulfonamides is 1.